The first kappa shape index (κ1) is 12.7. The SMILES string of the molecule is C=CCC[C@@H](C)NC1CCC(CO)CC1. The van der Waals surface area contributed by atoms with E-state index in [0.29, 0.717) is 24.6 Å². The van der Waals surface area contributed by atoms with E-state index in [0.717, 1.165) is 6.42 Å². The Kier molecular flexibility index (Phi) is 5.96. The van der Waals surface area contributed by atoms with Crippen molar-refractivity contribution >= 4 is 0 Å². The number of rotatable bonds is 6. The largest absolute Gasteiger partial charge is 0.396 e. The van der Waals surface area contributed by atoms with Crippen LogP contribution in [0.15, 0.2) is 12.7 Å². The van der Waals surface area contributed by atoms with Crippen LogP contribution in [0.25, 0.3) is 0 Å². The minimum absolute atomic E-state index is 0.374. The summed E-state index contributed by atoms with van der Waals surface area (Å²) in [5.41, 5.74) is 0. The number of hydrogen-bond acceptors (Lipinski definition) is 2. The molecule has 0 aromatic heterocycles. The Balaban J connectivity index is 2.14. The van der Waals surface area contributed by atoms with Crippen molar-refractivity contribution in [2.45, 2.75) is 57.5 Å². The summed E-state index contributed by atoms with van der Waals surface area (Å²) in [6.07, 6.45) is 9.09. The van der Waals surface area contributed by atoms with E-state index >= 15 is 0 Å². The van der Waals surface area contributed by atoms with E-state index in [9.17, 15) is 0 Å². The molecule has 1 atom stereocenters. The second-order valence-corrected chi connectivity index (χ2v) is 4.83. The zero-order valence-electron chi connectivity index (χ0n) is 9.91. The van der Waals surface area contributed by atoms with Gasteiger partial charge in [0, 0.05) is 18.7 Å². The fourth-order valence-corrected chi connectivity index (χ4v) is 2.37. The predicted octanol–water partition coefficient (Wildman–Crippen LogP) is 2.48. The monoisotopic (exact) mass is 211 g/mol. The molecule has 0 spiro atoms. The Hall–Kier alpha value is -0.340. The molecule has 1 rings (SSSR count). The molecular weight excluding hydrogens is 186 g/mol. The van der Waals surface area contributed by atoms with Gasteiger partial charge < -0.3 is 10.4 Å². The molecule has 1 aliphatic carbocycles. The Morgan fingerprint density at radius 2 is 2.07 bits per heavy atom. The van der Waals surface area contributed by atoms with Gasteiger partial charge in [-0.3, -0.25) is 0 Å². The van der Waals surface area contributed by atoms with E-state index in [-0.39, 0.29) is 0 Å². The van der Waals surface area contributed by atoms with Gasteiger partial charge in [0.25, 0.3) is 0 Å². The average Bonchev–Trinajstić information content (AvgIpc) is 2.27. The highest BCUT2D eigenvalue weighted by molar-refractivity contribution is 4.80. The average molecular weight is 211 g/mol. The lowest BCUT2D eigenvalue weighted by Crippen LogP contribution is -2.39. The molecule has 0 aliphatic heterocycles. The zero-order chi connectivity index (χ0) is 11.1. The van der Waals surface area contributed by atoms with Gasteiger partial charge in [0.2, 0.25) is 0 Å². The van der Waals surface area contributed by atoms with Gasteiger partial charge in [-0.2, -0.15) is 0 Å². The predicted molar refractivity (Wildman–Crippen MR) is 64.9 cm³/mol. The van der Waals surface area contributed by atoms with Gasteiger partial charge in [0.05, 0.1) is 0 Å². The highest BCUT2D eigenvalue weighted by Gasteiger charge is 2.21. The second kappa shape index (κ2) is 7.02. The van der Waals surface area contributed by atoms with Gasteiger partial charge in [-0.15, -0.1) is 6.58 Å². The summed E-state index contributed by atoms with van der Waals surface area (Å²) in [7, 11) is 0. The number of nitrogens with one attached hydrogen (secondary N) is 1. The van der Waals surface area contributed by atoms with Crippen LogP contribution in [0.4, 0.5) is 0 Å². The molecule has 0 heterocycles. The topological polar surface area (TPSA) is 32.3 Å². The summed E-state index contributed by atoms with van der Waals surface area (Å²) in [4.78, 5) is 0. The molecule has 2 nitrogen and oxygen atoms in total. The molecule has 0 radical (unpaired) electrons. The van der Waals surface area contributed by atoms with E-state index < -0.39 is 0 Å². The van der Waals surface area contributed by atoms with Crippen LogP contribution >= 0.6 is 0 Å². The first-order valence-electron chi connectivity index (χ1n) is 6.24. The van der Waals surface area contributed by atoms with Crippen molar-refractivity contribution in [3.05, 3.63) is 12.7 Å². The van der Waals surface area contributed by atoms with Gasteiger partial charge in [-0.25, -0.2) is 0 Å². The van der Waals surface area contributed by atoms with Crippen LogP contribution in [-0.2, 0) is 0 Å². The molecule has 15 heavy (non-hydrogen) atoms. The molecule has 1 saturated carbocycles. The smallest absolute Gasteiger partial charge is 0.0459 e. The maximum Gasteiger partial charge on any atom is 0.0459 e. The summed E-state index contributed by atoms with van der Waals surface area (Å²) in [6.45, 7) is 6.37. The van der Waals surface area contributed by atoms with E-state index in [1.807, 2.05) is 6.08 Å². The minimum Gasteiger partial charge on any atom is -0.396 e. The second-order valence-electron chi connectivity index (χ2n) is 4.83. The highest BCUT2D eigenvalue weighted by atomic mass is 16.3. The molecule has 0 aromatic rings. The molecule has 0 unspecified atom stereocenters. The summed E-state index contributed by atoms with van der Waals surface area (Å²) in [6, 6.07) is 1.27. The van der Waals surface area contributed by atoms with Gasteiger partial charge in [-0.1, -0.05) is 6.08 Å². The quantitative estimate of drug-likeness (QED) is 0.662. The number of allylic oxidation sites excluding steroid dienone is 1. The van der Waals surface area contributed by atoms with Gasteiger partial charge in [-0.05, 0) is 51.4 Å². The van der Waals surface area contributed by atoms with Crippen molar-refractivity contribution in [3.8, 4) is 0 Å². The van der Waals surface area contributed by atoms with E-state index in [1.165, 1.54) is 32.1 Å². The molecule has 2 N–H and O–H groups in total. The zero-order valence-corrected chi connectivity index (χ0v) is 9.91. The van der Waals surface area contributed by atoms with Crippen LogP contribution in [0.2, 0.25) is 0 Å². The van der Waals surface area contributed by atoms with Gasteiger partial charge in [0.1, 0.15) is 0 Å². The van der Waals surface area contributed by atoms with E-state index in [2.05, 4.69) is 18.8 Å². The van der Waals surface area contributed by atoms with Gasteiger partial charge in [0.15, 0.2) is 0 Å². The Morgan fingerprint density at radius 3 is 2.60 bits per heavy atom. The normalized spacial score (nSPS) is 28.7. The molecule has 88 valence electrons. The van der Waals surface area contributed by atoms with Crippen molar-refractivity contribution in [2.75, 3.05) is 6.61 Å². The Morgan fingerprint density at radius 1 is 1.40 bits per heavy atom. The minimum atomic E-state index is 0.374. The van der Waals surface area contributed by atoms with E-state index in [4.69, 9.17) is 5.11 Å². The van der Waals surface area contributed by atoms with Crippen LogP contribution in [0.1, 0.15) is 45.4 Å². The maximum atomic E-state index is 9.04. The first-order valence-corrected chi connectivity index (χ1v) is 6.24. The summed E-state index contributed by atoms with van der Waals surface area (Å²) in [5, 5.41) is 12.7. The number of aliphatic hydroxyl groups is 1. The summed E-state index contributed by atoms with van der Waals surface area (Å²) in [5.74, 6) is 0.562. The lowest BCUT2D eigenvalue weighted by molar-refractivity contribution is 0.172. The summed E-state index contributed by atoms with van der Waals surface area (Å²) >= 11 is 0. The fourth-order valence-electron chi connectivity index (χ4n) is 2.37. The first-order chi connectivity index (χ1) is 7.26. The molecule has 0 aromatic carbocycles. The lowest BCUT2D eigenvalue weighted by atomic mass is 9.86. The van der Waals surface area contributed by atoms with Crippen LogP contribution in [0, 0.1) is 5.92 Å². The lowest BCUT2D eigenvalue weighted by Gasteiger charge is -2.30. The van der Waals surface area contributed by atoms with Crippen LogP contribution in [-0.4, -0.2) is 23.8 Å². The molecule has 0 bridgehead atoms. The fraction of sp³-hybridized carbons (Fsp3) is 0.846. The number of aliphatic hydroxyl groups excluding tert-OH is 1. The molecule has 1 aliphatic rings. The third-order valence-electron chi connectivity index (χ3n) is 3.43. The van der Waals surface area contributed by atoms with Crippen molar-refractivity contribution < 1.29 is 5.11 Å². The van der Waals surface area contributed by atoms with Crippen molar-refractivity contribution in [2.24, 2.45) is 5.92 Å². The maximum absolute atomic E-state index is 9.04. The molecule has 0 amide bonds. The third-order valence-corrected chi connectivity index (χ3v) is 3.43. The van der Waals surface area contributed by atoms with Gasteiger partial charge >= 0.3 is 0 Å². The van der Waals surface area contributed by atoms with Crippen LogP contribution in [0.3, 0.4) is 0 Å². The molecule has 0 saturated heterocycles. The standard InChI is InChI=1S/C13H25NO/c1-3-4-5-11(2)14-13-8-6-12(10-15)7-9-13/h3,11-15H,1,4-10H2,2H3/t11-,12?,13?/m1/s1. The van der Waals surface area contributed by atoms with E-state index in [1.54, 1.807) is 0 Å². The molecule has 1 fully saturated rings. The Bertz CT molecular complexity index is 173. The number of hydrogen-bond donors (Lipinski definition) is 2. The third kappa shape index (κ3) is 4.80. The van der Waals surface area contributed by atoms with Crippen LogP contribution < -0.4 is 5.32 Å². The van der Waals surface area contributed by atoms with Crippen LogP contribution in [0.5, 0.6) is 0 Å². The molecular formula is C13H25NO. The van der Waals surface area contributed by atoms with Crippen molar-refractivity contribution in [1.82, 2.24) is 5.32 Å². The van der Waals surface area contributed by atoms with Crippen molar-refractivity contribution in [3.63, 3.8) is 0 Å². The highest BCUT2D eigenvalue weighted by Crippen LogP contribution is 2.24. The van der Waals surface area contributed by atoms with Crippen molar-refractivity contribution in [1.29, 1.82) is 0 Å². The summed E-state index contributed by atoms with van der Waals surface area (Å²) < 4.78 is 0. The Labute approximate surface area is 93.8 Å². The molecule has 2 heteroatoms.